The van der Waals surface area contributed by atoms with Crippen LogP contribution in [0.15, 0.2) is 30.5 Å². The van der Waals surface area contributed by atoms with E-state index < -0.39 is 0 Å². The molecule has 0 saturated heterocycles. The minimum Gasteiger partial charge on any atom is -0.333 e. The van der Waals surface area contributed by atoms with Crippen molar-refractivity contribution in [3.63, 3.8) is 0 Å². The van der Waals surface area contributed by atoms with E-state index in [1.807, 2.05) is 31.2 Å². The standard InChI is InChI=1S/C14H18ClN5O/c1-2-19(9-11-5-3-4-6-12(11)15)14(21)13-10-20(8-7-16)18-17-13/h3-6,10H,2,7-9,16H2,1H3. The number of carbonyl (C=O) groups is 1. The smallest absolute Gasteiger partial charge is 0.276 e. The van der Waals surface area contributed by atoms with E-state index in [0.29, 0.717) is 36.9 Å². The summed E-state index contributed by atoms with van der Waals surface area (Å²) < 4.78 is 1.57. The molecule has 0 saturated carbocycles. The Balaban J connectivity index is 2.12. The second kappa shape index (κ2) is 7.19. The molecule has 7 heteroatoms. The van der Waals surface area contributed by atoms with Crippen molar-refractivity contribution in [1.29, 1.82) is 0 Å². The first-order valence-electron chi connectivity index (χ1n) is 6.78. The Morgan fingerprint density at radius 3 is 2.86 bits per heavy atom. The number of rotatable bonds is 6. The average Bonchev–Trinajstić information content (AvgIpc) is 2.95. The number of halogens is 1. The minimum atomic E-state index is -0.166. The van der Waals surface area contributed by atoms with E-state index in [1.165, 1.54) is 0 Å². The fourth-order valence-electron chi connectivity index (χ4n) is 1.96. The number of amides is 1. The van der Waals surface area contributed by atoms with Crippen LogP contribution in [0.5, 0.6) is 0 Å². The molecule has 0 aliphatic heterocycles. The summed E-state index contributed by atoms with van der Waals surface area (Å²) in [6.45, 7) is 3.91. The monoisotopic (exact) mass is 307 g/mol. The topological polar surface area (TPSA) is 77.0 Å². The number of hydrogen-bond acceptors (Lipinski definition) is 4. The van der Waals surface area contributed by atoms with Crippen LogP contribution in [-0.4, -0.2) is 38.9 Å². The highest BCUT2D eigenvalue weighted by molar-refractivity contribution is 6.31. The SMILES string of the molecule is CCN(Cc1ccccc1Cl)C(=O)c1cn(CCN)nn1. The predicted molar refractivity (Wildman–Crippen MR) is 80.9 cm³/mol. The number of aromatic nitrogens is 3. The van der Waals surface area contributed by atoms with Gasteiger partial charge in [-0.05, 0) is 18.6 Å². The van der Waals surface area contributed by atoms with Crippen LogP contribution in [0.2, 0.25) is 5.02 Å². The van der Waals surface area contributed by atoms with E-state index in [4.69, 9.17) is 17.3 Å². The lowest BCUT2D eigenvalue weighted by molar-refractivity contribution is 0.0746. The molecule has 0 bridgehead atoms. The zero-order chi connectivity index (χ0) is 15.2. The van der Waals surface area contributed by atoms with Crippen LogP contribution in [0.25, 0.3) is 0 Å². The molecule has 0 aliphatic carbocycles. The normalized spacial score (nSPS) is 10.6. The first kappa shape index (κ1) is 15.5. The van der Waals surface area contributed by atoms with E-state index in [2.05, 4.69) is 10.3 Å². The Morgan fingerprint density at radius 2 is 2.19 bits per heavy atom. The minimum absolute atomic E-state index is 0.166. The molecule has 21 heavy (non-hydrogen) atoms. The highest BCUT2D eigenvalue weighted by Crippen LogP contribution is 2.17. The zero-order valence-corrected chi connectivity index (χ0v) is 12.6. The maximum Gasteiger partial charge on any atom is 0.276 e. The van der Waals surface area contributed by atoms with Crippen LogP contribution < -0.4 is 5.73 Å². The first-order chi connectivity index (χ1) is 10.2. The van der Waals surface area contributed by atoms with Crippen molar-refractivity contribution in [2.75, 3.05) is 13.1 Å². The molecule has 1 heterocycles. The van der Waals surface area contributed by atoms with Gasteiger partial charge in [0.1, 0.15) is 0 Å². The van der Waals surface area contributed by atoms with Crippen LogP contribution in [0.1, 0.15) is 23.0 Å². The van der Waals surface area contributed by atoms with E-state index >= 15 is 0 Å². The van der Waals surface area contributed by atoms with Gasteiger partial charge in [-0.15, -0.1) is 5.10 Å². The van der Waals surface area contributed by atoms with E-state index in [0.717, 1.165) is 5.56 Å². The molecule has 0 fully saturated rings. The van der Waals surface area contributed by atoms with Gasteiger partial charge in [-0.1, -0.05) is 35.0 Å². The van der Waals surface area contributed by atoms with Gasteiger partial charge < -0.3 is 10.6 Å². The maximum atomic E-state index is 12.4. The number of nitrogens with two attached hydrogens (primary N) is 1. The van der Waals surface area contributed by atoms with Crippen molar-refractivity contribution < 1.29 is 4.79 Å². The molecule has 2 rings (SSSR count). The summed E-state index contributed by atoms with van der Waals surface area (Å²) >= 11 is 6.14. The van der Waals surface area contributed by atoms with Crippen molar-refractivity contribution in [3.8, 4) is 0 Å². The molecule has 1 aromatic heterocycles. The molecule has 1 amide bonds. The number of nitrogens with zero attached hydrogens (tertiary/aromatic N) is 4. The van der Waals surface area contributed by atoms with E-state index in [9.17, 15) is 4.79 Å². The molecule has 0 radical (unpaired) electrons. The molecule has 0 unspecified atom stereocenters. The molecule has 0 spiro atoms. The van der Waals surface area contributed by atoms with Gasteiger partial charge in [0, 0.05) is 24.7 Å². The molecule has 2 aromatic rings. The predicted octanol–water partition coefficient (Wildman–Crippen LogP) is 1.55. The first-order valence-corrected chi connectivity index (χ1v) is 7.16. The van der Waals surface area contributed by atoms with Gasteiger partial charge in [0.2, 0.25) is 0 Å². The van der Waals surface area contributed by atoms with Crippen LogP contribution in [0, 0.1) is 0 Å². The lowest BCUT2D eigenvalue weighted by atomic mass is 10.2. The van der Waals surface area contributed by atoms with Crippen LogP contribution in [0.4, 0.5) is 0 Å². The second-order valence-corrected chi connectivity index (χ2v) is 4.97. The highest BCUT2D eigenvalue weighted by atomic mass is 35.5. The van der Waals surface area contributed by atoms with Crippen molar-refractivity contribution in [3.05, 3.63) is 46.7 Å². The number of benzene rings is 1. The lowest BCUT2D eigenvalue weighted by Gasteiger charge is -2.20. The van der Waals surface area contributed by atoms with Crippen LogP contribution in [0.3, 0.4) is 0 Å². The number of hydrogen-bond donors (Lipinski definition) is 1. The van der Waals surface area contributed by atoms with Crippen LogP contribution in [-0.2, 0) is 13.1 Å². The molecule has 2 N–H and O–H groups in total. The van der Waals surface area contributed by atoms with E-state index in [-0.39, 0.29) is 5.91 Å². The third-order valence-electron chi connectivity index (χ3n) is 3.10. The van der Waals surface area contributed by atoms with Gasteiger partial charge in [-0.2, -0.15) is 0 Å². The summed E-state index contributed by atoms with van der Waals surface area (Å²) in [5.74, 6) is -0.166. The summed E-state index contributed by atoms with van der Waals surface area (Å²) in [6, 6.07) is 7.48. The average molecular weight is 308 g/mol. The van der Waals surface area contributed by atoms with E-state index in [1.54, 1.807) is 15.8 Å². The molecule has 112 valence electrons. The fourth-order valence-corrected chi connectivity index (χ4v) is 2.15. The largest absolute Gasteiger partial charge is 0.333 e. The highest BCUT2D eigenvalue weighted by Gasteiger charge is 2.18. The van der Waals surface area contributed by atoms with Gasteiger partial charge in [0.15, 0.2) is 5.69 Å². The third kappa shape index (κ3) is 3.80. The summed E-state index contributed by atoms with van der Waals surface area (Å²) in [5, 5.41) is 8.43. The molecule has 6 nitrogen and oxygen atoms in total. The molecule has 0 atom stereocenters. The fraction of sp³-hybridized carbons (Fsp3) is 0.357. The summed E-state index contributed by atoms with van der Waals surface area (Å²) in [6.07, 6.45) is 1.62. The Kier molecular flexibility index (Phi) is 5.30. The summed E-state index contributed by atoms with van der Waals surface area (Å²) in [4.78, 5) is 14.1. The maximum absolute atomic E-state index is 12.4. The molecular weight excluding hydrogens is 290 g/mol. The lowest BCUT2D eigenvalue weighted by Crippen LogP contribution is -2.30. The Bertz CT molecular complexity index is 613. The third-order valence-corrected chi connectivity index (χ3v) is 3.47. The van der Waals surface area contributed by atoms with Gasteiger partial charge in [-0.3, -0.25) is 9.48 Å². The van der Waals surface area contributed by atoms with Crippen molar-refractivity contribution in [2.24, 2.45) is 5.73 Å². The summed E-state index contributed by atoms with van der Waals surface area (Å²) in [5.41, 5.74) is 6.68. The molecule has 0 aliphatic rings. The second-order valence-electron chi connectivity index (χ2n) is 4.57. The van der Waals surface area contributed by atoms with Gasteiger partial charge in [0.05, 0.1) is 12.7 Å². The summed E-state index contributed by atoms with van der Waals surface area (Å²) in [7, 11) is 0. The Labute approximate surface area is 128 Å². The van der Waals surface area contributed by atoms with Gasteiger partial charge in [-0.25, -0.2) is 0 Å². The number of carbonyl (C=O) groups excluding carboxylic acids is 1. The molecule has 1 aromatic carbocycles. The van der Waals surface area contributed by atoms with Crippen molar-refractivity contribution in [1.82, 2.24) is 19.9 Å². The Hall–Kier alpha value is -1.92. The zero-order valence-electron chi connectivity index (χ0n) is 11.9. The Morgan fingerprint density at radius 1 is 1.43 bits per heavy atom. The van der Waals surface area contributed by atoms with Gasteiger partial charge in [0.25, 0.3) is 5.91 Å². The van der Waals surface area contributed by atoms with Gasteiger partial charge >= 0.3 is 0 Å². The van der Waals surface area contributed by atoms with Crippen molar-refractivity contribution >= 4 is 17.5 Å². The van der Waals surface area contributed by atoms with Crippen LogP contribution >= 0.6 is 11.6 Å². The van der Waals surface area contributed by atoms with Crippen molar-refractivity contribution in [2.45, 2.75) is 20.0 Å². The molecular formula is C14H18ClN5O. The quantitative estimate of drug-likeness (QED) is 0.878.